The van der Waals surface area contributed by atoms with Crippen molar-refractivity contribution in [3.8, 4) is 10.6 Å². The van der Waals surface area contributed by atoms with E-state index in [-0.39, 0.29) is 13.2 Å². The van der Waals surface area contributed by atoms with Crippen LogP contribution in [0.1, 0.15) is 5.01 Å². The van der Waals surface area contributed by atoms with Crippen molar-refractivity contribution in [1.82, 2.24) is 4.98 Å². The van der Waals surface area contributed by atoms with Crippen molar-refractivity contribution in [1.29, 1.82) is 0 Å². The van der Waals surface area contributed by atoms with Crippen molar-refractivity contribution < 1.29 is 14.6 Å². The maximum atomic E-state index is 11.3. The van der Waals surface area contributed by atoms with Gasteiger partial charge < -0.3 is 9.84 Å². The third kappa shape index (κ3) is 1.60. The highest BCUT2D eigenvalue weighted by Gasteiger charge is 2.50. The molecule has 2 aromatic heterocycles. The van der Waals surface area contributed by atoms with Crippen LogP contribution in [0, 0.1) is 0 Å². The van der Waals surface area contributed by atoms with Gasteiger partial charge in [0.1, 0.15) is 5.01 Å². The second-order valence-corrected chi connectivity index (χ2v) is 5.70. The minimum atomic E-state index is -0.916. The molecule has 0 radical (unpaired) electrons. The van der Waals surface area contributed by atoms with Gasteiger partial charge in [0, 0.05) is 5.38 Å². The molecule has 0 amide bonds. The Morgan fingerprint density at radius 3 is 2.82 bits per heavy atom. The lowest BCUT2D eigenvalue weighted by atomic mass is 9.87. The van der Waals surface area contributed by atoms with Crippen LogP contribution in [0.3, 0.4) is 0 Å². The summed E-state index contributed by atoms with van der Waals surface area (Å²) in [5.74, 6) is -0.851. The van der Waals surface area contributed by atoms with Gasteiger partial charge in [-0.25, -0.2) is 4.98 Å². The second-order valence-electron chi connectivity index (χ2n) is 3.90. The number of hydrogen-bond donors (Lipinski definition) is 1. The Labute approximate surface area is 106 Å². The largest absolute Gasteiger partial charge is 0.480 e. The number of nitrogens with zero attached hydrogens (tertiary/aromatic N) is 1. The molecule has 3 heterocycles. The zero-order valence-electron chi connectivity index (χ0n) is 8.75. The number of rotatable bonds is 3. The van der Waals surface area contributed by atoms with Crippen molar-refractivity contribution in [2.75, 3.05) is 13.2 Å². The van der Waals surface area contributed by atoms with E-state index in [9.17, 15) is 9.90 Å². The highest BCUT2D eigenvalue weighted by atomic mass is 32.1. The van der Waals surface area contributed by atoms with E-state index in [4.69, 9.17) is 4.74 Å². The highest BCUT2D eigenvalue weighted by Crippen LogP contribution is 2.37. The van der Waals surface area contributed by atoms with Gasteiger partial charge in [0.2, 0.25) is 0 Å². The molecule has 2 aromatic rings. The number of carboxylic acids is 1. The van der Waals surface area contributed by atoms with Crippen molar-refractivity contribution in [2.45, 2.75) is 5.41 Å². The number of aromatic nitrogens is 1. The van der Waals surface area contributed by atoms with Gasteiger partial charge >= 0.3 is 5.97 Å². The number of ether oxygens (including phenoxy) is 1. The predicted octanol–water partition coefficient (Wildman–Crippen LogP) is 2.22. The van der Waals surface area contributed by atoms with E-state index in [0.717, 1.165) is 10.6 Å². The number of thiazole rings is 1. The number of thiophene rings is 1. The lowest BCUT2D eigenvalue weighted by molar-refractivity contribution is -0.163. The number of hydrogen-bond acceptors (Lipinski definition) is 5. The first-order valence-corrected chi connectivity index (χ1v) is 6.79. The molecule has 0 aliphatic carbocycles. The van der Waals surface area contributed by atoms with Crippen LogP contribution in [0.4, 0.5) is 0 Å². The summed E-state index contributed by atoms with van der Waals surface area (Å²) in [5, 5.41) is 13.8. The second kappa shape index (κ2) is 3.90. The molecule has 1 N–H and O–H groups in total. The molecule has 0 aromatic carbocycles. The van der Waals surface area contributed by atoms with Gasteiger partial charge in [0.15, 0.2) is 5.41 Å². The predicted molar refractivity (Wildman–Crippen MR) is 65.6 cm³/mol. The van der Waals surface area contributed by atoms with Crippen LogP contribution in [-0.4, -0.2) is 29.3 Å². The van der Waals surface area contributed by atoms with Crippen LogP contribution in [0.5, 0.6) is 0 Å². The molecule has 4 nitrogen and oxygen atoms in total. The van der Waals surface area contributed by atoms with E-state index in [0.29, 0.717) is 5.01 Å². The quantitative estimate of drug-likeness (QED) is 0.926. The minimum absolute atomic E-state index is 0.222. The molecule has 1 saturated heterocycles. The van der Waals surface area contributed by atoms with Crippen LogP contribution in [0.25, 0.3) is 10.6 Å². The third-order valence-electron chi connectivity index (χ3n) is 2.79. The van der Waals surface area contributed by atoms with Gasteiger partial charge in [0.05, 0.1) is 23.8 Å². The minimum Gasteiger partial charge on any atom is -0.480 e. The molecule has 17 heavy (non-hydrogen) atoms. The maximum Gasteiger partial charge on any atom is 0.321 e. The number of aliphatic carboxylic acids is 1. The molecular weight excluding hydrogens is 258 g/mol. The van der Waals surface area contributed by atoms with Gasteiger partial charge in [-0.2, -0.15) is 0 Å². The Morgan fingerprint density at radius 2 is 2.29 bits per heavy atom. The smallest absolute Gasteiger partial charge is 0.321 e. The van der Waals surface area contributed by atoms with E-state index in [2.05, 4.69) is 4.98 Å². The lowest BCUT2D eigenvalue weighted by Gasteiger charge is -2.35. The molecule has 0 unspecified atom stereocenters. The fourth-order valence-corrected chi connectivity index (χ4v) is 3.42. The maximum absolute atomic E-state index is 11.3. The SMILES string of the molecule is O=C(O)C1(c2nc(-c3cccs3)cs2)COC1. The number of carbonyl (C=O) groups is 1. The molecule has 0 spiro atoms. The fourth-order valence-electron chi connectivity index (χ4n) is 1.68. The Hall–Kier alpha value is -1.24. The topological polar surface area (TPSA) is 59.4 Å². The van der Waals surface area contributed by atoms with Crippen molar-refractivity contribution in [2.24, 2.45) is 0 Å². The van der Waals surface area contributed by atoms with Crippen molar-refractivity contribution in [3.63, 3.8) is 0 Å². The summed E-state index contributed by atoms with van der Waals surface area (Å²) in [7, 11) is 0. The van der Waals surface area contributed by atoms with Crippen molar-refractivity contribution >= 4 is 28.6 Å². The average molecular weight is 267 g/mol. The molecule has 3 rings (SSSR count). The molecule has 1 aliphatic rings. The summed E-state index contributed by atoms with van der Waals surface area (Å²) in [6.07, 6.45) is 0. The standard InChI is InChI=1S/C11H9NO3S2/c13-10(14)11(5-15-6-11)9-12-7(4-17-9)8-2-1-3-16-8/h1-4H,5-6H2,(H,13,14). The molecule has 0 saturated carbocycles. The first kappa shape index (κ1) is 10.9. The highest BCUT2D eigenvalue weighted by molar-refractivity contribution is 7.14. The van der Waals surface area contributed by atoms with Gasteiger partial charge in [0.25, 0.3) is 0 Å². The summed E-state index contributed by atoms with van der Waals surface area (Å²) < 4.78 is 5.04. The first-order chi connectivity index (χ1) is 8.22. The van der Waals surface area contributed by atoms with Crippen molar-refractivity contribution in [3.05, 3.63) is 27.9 Å². The summed E-state index contributed by atoms with van der Waals surface area (Å²) in [5.41, 5.74) is -0.0623. The molecular formula is C11H9NO3S2. The number of carboxylic acid groups (broad SMARTS) is 1. The van der Waals surface area contributed by atoms with E-state index in [1.165, 1.54) is 11.3 Å². The molecule has 6 heteroatoms. The third-order valence-corrected chi connectivity index (χ3v) is 4.73. The fraction of sp³-hybridized carbons (Fsp3) is 0.273. The monoisotopic (exact) mass is 267 g/mol. The molecule has 1 fully saturated rings. The normalized spacial score (nSPS) is 17.6. The zero-order chi connectivity index (χ0) is 11.9. The van der Waals surface area contributed by atoms with Gasteiger partial charge in [-0.05, 0) is 11.4 Å². The van der Waals surface area contributed by atoms with E-state index in [1.807, 2.05) is 22.9 Å². The average Bonchev–Trinajstić information content (AvgIpc) is 2.83. The van der Waals surface area contributed by atoms with Crippen LogP contribution in [0.2, 0.25) is 0 Å². The summed E-state index contributed by atoms with van der Waals surface area (Å²) in [6, 6.07) is 3.94. The van der Waals surface area contributed by atoms with Crippen LogP contribution in [-0.2, 0) is 14.9 Å². The first-order valence-electron chi connectivity index (χ1n) is 5.03. The molecule has 0 atom stereocenters. The Kier molecular flexibility index (Phi) is 2.50. The van der Waals surface area contributed by atoms with Gasteiger partial charge in [-0.15, -0.1) is 22.7 Å². The molecule has 0 bridgehead atoms. The summed E-state index contributed by atoms with van der Waals surface area (Å²) in [6.45, 7) is 0.444. The zero-order valence-corrected chi connectivity index (χ0v) is 10.4. The van der Waals surface area contributed by atoms with Crippen LogP contribution < -0.4 is 0 Å². The molecule has 1 aliphatic heterocycles. The summed E-state index contributed by atoms with van der Waals surface area (Å²) >= 11 is 2.99. The van der Waals surface area contributed by atoms with E-state index in [1.54, 1.807) is 11.3 Å². The van der Waals surface area contributed by atoms with Gasteiger partial charge in [-0.1, -0.05) is 6.07 Å². The Balaban J connectivity index is 1.98. The van der Waals surface area contributed by atoms with Crippen LogP contribution in [0.15, 0.2) is 22.9 Å². The molecule has 88 valence electrons. The summed E-state index contributed by atoms with van der Waals surface area (Å²) in [4.78, 5) is 16.8. The van der Waals surface area contributed by atoms with E-state index < -0.39 is 11.4 Å². The Bertz CT molecular complexity index is 543. The Morgan fingerprint density at radius 1 is 1.47 bits per heavy atom. The van der Waals surface area contributed by atoms with E-state index >= 15 is 0 Å². The lowest BCUT2D eigenvalue weighted by Crippen LogP contribution is -2.53. The van der Waals surface area contributed by atoms with Gasteiger partial charge in [-0.3, -0.25) is 4.79 Å². The van der Waals surface area contributed by atoms with Crippen LogP contribution >= 0.6 is 22.7 Å².